The first kappa shape index (κ1) is 12.9. The molecule has 0 spiro atoms. The smallest absolute Gasteiger partial charge is 0.326 e. The molecule has 0 radical (unpaired) electrons. The molecule has 6 nitrogen and oxygen atoms in total. The molecule has 3 rings (SSSR count). The van der Waals surface area contributed by atoms with Crippen LogP contribution in [0.15, 0.2) is 29.1 Å². The number of likely N-dealkylation sites (tertiary alicyclic amines) is 1. The number of piperidine rings is 1. The maximum absolute atomic E-state index is 12.1. The third-order valence-corrected chi connectivity index (χ3v) is 3.93. The number of hydrogen-bond acceptors (Lipinski definition) is 3. The van der Waals surface area contributed by atoms with E-state index in [4.69, 9.17) is 5.73 Å². The monoisotopic (exact) mass is 274 g/mol. The number of amides is 1. The molecule has 1 saturated heterocycles. The fourth-order valence-electron chi connectivity index (χ4n) is 2.99. The summed E-state index contributed by atoms with van der Waals surface area (Å²) < 4.78 is 1.84. The van der Waals surface area contributed by atoms with Gasteiger partial charge in [0, 0.05) is 19.1 Å². The molecule has 1 aromatic heterocycles. The summed E-state index contributed by atoms with van der Waals surface area (Å²) in [6.07, 6.45) is 1.71. The third kappa shape index (κ3) is 2.34. The summed E-state index contributed by atoms with van der Waals surface area (Å²) in [5.74, 6) is -0.298. The Morgan fingerprint density at radius 2 is 2.00 bits per heavy atom. The van der Waals surface area contributed by atoms with Gasteiger partial charge in [0.2, 0.25) is 5.91 Å². The van der Waals surface area contributed by atoms with Crippen LogP contribution in [-0.2, 0) is 4.79 Å². The number of para-hydroxylation sites is 2. The Labute approximate surface area is 116 Å². The molecule has 1 aliphatic rings. The van der Waals surface area contributed by atoms with Gasteiger partial charge in [-0.3, -0.25) is 14.3 Å². The van der Waals surface area contributed by atoms with E-state index in [9.17, 15) is 9.59 Å². The van der Waals surface area contributed by atoms with E-state index in [1.54, 1.807) is 0 Å². The fourth-order valence-corrected chi connectivity index (χ4v) is 2.99. The first-order valence-electron chi connectivity index (χ1n) is 6.85. The number of carbonyl (C=O) groups is 1. The van der Waals surface area contributed by atoms with Gasteiger partial charge in [0.1, 0.15) is 0 Å². The Morgan fingerprint density at radius 3 is 2.70 bits per heavy atom. The quantitative estimate of drug-likeness (QED) is 0.852. The summed E-state index contributed by atoms with van der Waals surface area (Å²) in [7, 11) is 0. The minimum absolute atomic E-state index is 0.0560. The van der Waals surface area contributed by atoms with Crippen molar-refractivity contribution in [3.63, 3.8) is 0 Å². The first-order valence-corrected chi connectivity index (χ1v) is 6.85. The van der Waals surface area contributed by atoms with Crippen LogP contribution >= 0.6 is 0 Å². The van der Waals surface area contributed by atoms with Crippen LogP contribution in [0.2, 0.25) is 0 Å². The number of hydrogen-bond donors (Lipinski definition) is 2. The number of rotatable bonds is 3. The van der Waals surface area contributed by atoms with Crippen molar-refractivity contribution in [3.8, 4) is 0 Å². The summed E-state index contributed by atoms with van der Waals surface area (Å²) in [6.45, 7) is 1.88. The minimum atomic E-state index is -0.298. The van der Waals surface area contributed by atoms with Gasteiger partial charge >= 0.3 is 5.69 Å². The van der Waals surface area contributed by atoms with Crippen molar-refractivity contribution < 1.29 is 4.79 Å². The zero-order valence-corrected chi connectivity index (χ0v) is 11.2. The van der Waals surface area contributed by atoms with Crippen molar-refractivity contribution in [1.82, 2.24) is 14.5 Å². The van der Waals surface area contributed by atoms with Crippen molar-refractivity contribution in [2.45, 2.75) is 18.9 Å². The molecule has 1 aromatic carbocycles. The molecule has 3 N–H and O–H groups in total. The Bertz CT molecular complexity index is 680. The summed E-state index contributed by atoms with van der Waals surface area (Å²) in [4.78, 5) is 28.0. The lowest BCUT2D eigenvalue weighted by Gasteiger charge is -2.31. The second-order valence-corrected chi connectivity index (χ2v) is 5.29. The molecule has 0 saturated carbocycles. The Hall–Kier alpha value is -2.08. The van der Waals surface area contributed by atoms with Gasteiger partial charge in [0.25, 0.3) is 0 Å². The van der Waals surface area contributed by atoms with E-state index in [0.29, 0.717) is 6.54 Å². The molecular formula is C14H18N4O2. The number of benzene rings is 1. The highest BCUT2D eigenvalue weighted by Gasteiger charge is 2.23. The van der Waals surface area contributed by atoms with Gasteiger partial charge in [-0.2, -0.15) is 0 Å². The maximum Gasteiger partial charge on any atom is 0.326 e. The summed E-state index contributed by atoms with van der Waals surface area (Å²) in [5.41, 5.74) is 6.98. The highest BCUT2D eigenvalue weighted by atomic mass is 16.1. The molecule has 2 aromatic rings. The van der Waals surface area contributed by atoms with E-state index in [2.05, 4.69) is 4.98 Å². The number of H-pyrrole nitrogens is 1. The number of nitrogens with one attached hydrogen (secondary N) is 1. The van der Waals surface area contributed by atoms with Gasteiger partial charge in [0.15, 0.2) is 0 Å². The minimum Gasteiger partial charge on any atom is -0.369 e. The zero-order chi connectivity index (χ0) is 14.1. The van der Waals surface area contributed by atoms with E-state index in [-0.39, 0.29) is 17.6 Å². The molecule has 106 valence electrons. The van der Waals surface area contributed by atoms with Crippen LogP contribution < -0.4 is 11.4 Å². The van der Waals surface area contributed by atoms with Gasteiger partial charge in [0.05, 0.1) is 17.6 Å². The molecule has 0 unspecified atom stereocenters. The summed E-state index contributed by atoms with van der Waals surface area (Å²) in [5, 5.41) is 0. The van der Waals surface area contributed by atoms with Crippen LogP contribution in [0, 0.1) is 0 Å². The molecule has 20 heavy (non-hydrogen) atoms. The average molecular weight is 274 g/mol. The Balaban J connectivity index is 1.82. The van der Waals surface area contributed by atoms with E-state index in [0.717, 1.165) is 37.0 Å². The van der Waals surface area contributed by atoms with Crippen LogP contribution in [-0.4, -0.2) is 40.0 Å². The predicted octanol–water partition coefficient (Wildman–Crippen LogP) is 0.452. The van der Waals surface area contributed by atoms with E-state index in [1.807, 2.05) is 33.7 Å². The maximum atomic E-state index is 12.1. The van der Waals surface area contributed by atoms with Crippen molar-refractivity contribution in [2.75, 3.05) is 19.6 Å². The molecule has 1 amide bonds. The number of imidazole rings is 1. The molecule has 1 aliphatic heterocycles. The average Bonchev–Trinajstić information content (AvgIpc) is 2.75. The zero-order valence-electron chi connectivity index (χ0n) is 11.2. The van der Waals surface area contributed by atoms with Gasteiger partial charge in [-0.25, -0.2) is 4.79 Å². The number of carbonyl (C=O) groups excluding carboxylic acids is 1. The lowest BCUT2D eigenvalue weighted by atomic mass is 10.0. The summed E-state index contributed by atoms with van der Waals surface area (Å²) >= 11 is 0. The highest BCUT2D eigenvalue weighted by molar-refractivity contribution is 5.76. The number of fused-ring (bicyclic) bond motifs is 1. The SMILES string of the molecule is NC(=O)CN1CCC(n2c(=O)[nH]c3ccccc32)CC1. The first-order chi connectivity index (χ1) is 9.65. The Morgan fingerprint density at radius 1 is 1.30 bits per heavy atom. The molecule has 2 heterocycles. The number of aromatic amines is 1. The molecule has 1 fully saturated rings. The molecular weight excluding hydrogens is 256 g/mol. The van der Waals surface area contributed by atoms with E-state index < -0.39 is 0 Å². The second kappa shape index (κ2) is 5.13. The van der Waals surface area contributed by atoms with Gasteiger partial charge in [-0.05, 0) is 25.0 Å². The van der Waals surface area contributed by atoms with Crippen molar-refractivity contribution in [1.29, 1.82) is 0 Å². The van der Waals surface area contributed by atoms with Crippen LogP contribution in [0.25, 0.3) is 11.0 Å². The molecule has 0 bridgehead atoms. The number of nitrogens with two attached hydrogens (primary N) is 1. The van der Waals surface area contributed by atoms with Crippen molar-refractivity contribution in [2.24, 2.45) is 5.73 Å². The van der Waals surface area contributed by atoms with Crippen molar-refractivity contribution >= 4 is 16.9 Å². The van der Waals surface area contributed by atoms with Gasteiger partial charge in [-0.15, -0.1) is 0 Å². The van der Waals surface area contributed by atoms with E-state index in [1.165, 1.54) is 0 Å². The summed E-state index contributed by atoms with van der Waals surface area (Å²) in [6, 6.07) is 7.91. The Kier molecular flexibility index (Phi) is 3.31. The van der Waals surface area contributed by atoms with Crippen molar-refractivity contribution in [3.05, 3.63) is 34.7 Å². The predicted molar refractivity (Wildman–Crippen MR) is 76.5 cm³/mol. The van der Waals surface area contributed by atoms with Gasteiger partial charge in [-0.1, -0.05) is 12.1 Å². The lowest BCUT2D eigenvalue weighted by molar-refractivity contribution is -0.119. The fraction of sp³-hybridized carbons (Fsp3) is 0.429. The standard InChI is InChI=1S/C14H18N4O2/c15-13(19)9-17-7-5-10(6-8-17)18-12-4-2-1-3-11(12)16-14(18)20/h1-4,10H,5-9H2,(H2,15,19)(H,16,20). The number of aromatic nitrogens is 2. The van der Waals surface area contributed by atoms with Crippen LogP contribution in [0.4, 0.5) is 0 Å². The topological polar surface area (TPSA) is 84.1 Å². The molecule has 6 heteroatoms. The molecule has 0 aliphatic carbocycles. The number of nitrogens with zero attached hydrogens (tertiary/aromatic N) is 2. The van der Waals surface area contributed by atoms with Crippen LogP contribution in [0.5, 0.6) is 0 Å². The third-order valence-electron chi connectivity index (χ3n) is 3.93. The van der Waals surface area contributed by atoms with Crippen LogP contribution in [0.3, 0.4) is 0 Å². The lowest BCUT2D eigenvalue weighted by Crippen LogP contribution is -2.41. The normalized spacial score (nSPS) is 17.6. The second-order valence-electron chi connectivity index (χ2n) is 5.29. The largest absolute Gasteiger partial charge is 0.369 e. The highest BCUT2D eigenvalue weighted by Crippen LogP contribution is 2.24. The van der Waals surface area contributed by atoms with Crippen LogP contribution in [0.1, 0.15) is 18.9 Å². The van der Waals surface area contributed by atoms with Gasteiger partial charge < -0.3 is 10.7 Å². The molecule has 0 atom stereocenters. The number of primary amides is 1. The van der Waals surface area contributed by atoms with E-state index >= 15 is 0 Å².